The minimum absolute atomic E-state index is 0.0255. The van der Waals surface area contributed by atoms with Crippen LogP contribution in [0.2, 0.25) is 0 Å². The lowest BCUT2D eigenvalue weighted by molar-refractivity contribution is -0.138. The Hall–Kier alpha value is -1.23. The molecule has 1 aromatic carbocycles. The van der Waals surface area contributed by atoms with Gasteiger partial charge in [-0.3, -0.25) is 0 Å². The van der Waals surface area contributed by atoms with Crippen LogP contribution in [-0.4, -0.2) is 14.2 Å². The fraction of sp³-hybridized carbons (Fsp3) is 0.571. The van der Waals surface area contributed by atoms with E-state index in [0.717, 1.165) is 36.8 Å². The number of alkyl halides is 3. The number of ether oxygens (including phenoxy) is 1. The predicted octanol–water partition coefficient (Wildman–Crippen LogP) is 3.31. The minimum atomic E-state index is -4.37. The first kappa shape index (κ1) is 14.2. The van der Waals surface area contributed by atoms with E-state index in [4.69, 9.17) is 4.74 Å². The molecule has 1 aromatic rings. The van der Waals surface area contributed by atoms with Gasteiger partial charge in [-0.25, -0.2) is 0 Å². The highest BCUT2D eigenvalue weighted by Crippen LogP contribution is 2.42. The van der Waals surface area contributed by atoms with E-state index >= 15 is 0 Å². The van der Waals surface area contributed by atoms with Crippen molar-refractivity contribution < 1.29 is 17.9 Å². The fourth-order valence-corrected chi connectivity index (χ4v) is 2.78. The Morgan fingerprint density at radius 1 is 1.26 bits per heavy atom. The summed E-state index contributed by atoms with van der Waals surface area (Å²) in [5.41, 5.74) is 1.87. The highest BCUT2D eigenvalue weighted by molar-refractivity contribution is 5.52. The van der Waals surface area contributed by atoms with Crippen LogP contribution in [0.4, 0.5) is 13.2 Å². The zero-order valence-corrected chi connectivity index (χ0v) is 11.2. The van der Waals surface area contributed by atoms with Crippen molar-refractivity contribution in [2.24, 2.45) is 0 Å². The molecule has 0 fully saturated rings. The van der Waals surface area contributed by atoms with E-state index in [2.05, 4.69) is 5.32 Å². The standard InChI is InChI=1S/C14H18F3NO/c1-18-8-11-10-6-4-3-5-9(10)7-12(13(11)19-2)14(15,16)17/h7,18H,3-6,8H2,1-2H3. The van der Waals surface area contributed by atoms with Crippen molar-refractivity contribution in [3.63, 3.8) is 0 Å². The summed E-state index contributed by atoms with van der Waals surface area (Å²) < 4.78 is 44.4. The Morgan fingerprint density at radius 2 is 1.95 bits per heavy atom. The largest absolute Gasteiger partial charge is 0.496 e. The van der Waals surface area contributed by atoms with Crippen molar-refractivity contribution in [3.8, 4) is 5.75 Å². The minimum Gasteiger partial charge on any atom is -0.496 e. The number of methoxy groups -OCH3 is 1. The smallest absolute Gasteiger partial charge is 0.419 e. The average molecular weight is 273 g/mol. The van der Waals surface area contributed by atoms with E-state index in [-0.39, 0.29) is 5.75 Å². The molecule has 0 aromatic heterocycles. The van der Waals surface area contributed by atoms with Crippen molar-refractivity contribution in [1.82, 2.24) is 5.32 Å². The van der Waals surface area contributed by atoms with Gasteiger partial charge in [0.05, 0.1) is 12.7 Å². The van der Waals surface area contributed by atoms with Crippen LogP contribution in [0, 0.1) is 0 Å². The molecule has 0 aliphatic heterocycles. The lowest BCUT2D eigenvalue weighted by atomic mass is 9.85. The summed E-state index contributed by atoms with van der Waals surface area (Å²) in [7, 11) is 3.04. The number of hydrogen-bond acceptors (Lipinski definition) is 2. The van der Waals surface area contributed by atoms with Crippen LogP contribution in [0.1, 0.15) is 35.1 Å². The van der Waals surface area contributed by atoms with Gasteiger partial charge in [0.15, 0.2) is 0 Å². The van der Waals surface area contributed by atoms with Crippen LogP contribution in [0.25, 0.3) is 0 Å². The van der Waals surface area contributed by atoms with E-state index < -0.39 is 11.7 Å². The summed E-state index contributed by atoms with van der Waals surface area (Å²) in [4.78, 5) is 0. The first-order valence-electron chi connectivity index (χ1n) is 6.42. The third-order valence-corrected chi connectivity index (χ3v) is 3.58. The Morgan fingerprint density at radius 3 is 2.53 bits per heavy atom. The van der Waals surface area contributed by atoms with E-state index in [1.807, 2.05) is 0 Å². The average Bonchev–Trinajstić information content (AvgIpc) is 2.37. The summed E-state index contributed by atoms with van der Waals surface area (Å²) in [5.74, 6) is -0.0255. The normalized spacial score (nSPS) is 15.2. The van der Waals surface area contributed by atoms with Gasteiger partial charge in [0.25, 0.3) is 0 Å². The molecular formula is C14H18F3NO. The van der Waals surface area contributed by atoms with E-state index in [1.165, 1.54) is 13.2 Å². The van der Waals surface area contributed by atoms with Gasteiger partial charge < -0.3 is 10.1 Å². The molecule has 2 rings (SSSR count). The van der Waals surface area contributed by atoms with E-state index in [0.29, 0.717) is 12.1 Å². The molecule has 106 valence electrons. The number of hydrogen-bond donors (Lipinski definition) is 1. The van der Waals surface area contributed by atoms with Crippen molar-refractivity contribution in [2.45, 2.75) is 38.4 Å². The number of rotatable bonds is 3. The van der Waals surface area contributed by atoms with Gasteiger partial charge in [0.1, 0.15) is 5.75 Å². The molecule has 0 unspecified atom stereocenters. The summed E-state index contributed by atoms with van der Waals surface area (Å²) in [6.45, 7) is 0.398. The summed E-state index contributed by atoms with van der Waals surface area (Å²) >= 11 is 0. The van der Waals surface area contributed by atoms with Gasteiger partial charge >= 0.3 is 6.18 Å². The Labute approximate surface area is 111 Å². The molecule has 0 saturated carbocycles. The maximum absolute atomic E-state index is 13.1. The van der Waals surface area contributed by atoms with Crippen molar-refractivity contribution >= 4 is 0 Å². The molecule has 1 aliphatic rings. The molecule has 19 heavy (non-hydrogen) atoms. The molecule has 0 radical (unpaired) electrons. The van der Waals surface area contributed by atoms with Gasteiger partial charge in [0.2, 0.25) is 0 Å². The molecule has 2 nitrogen and oxygen atoms in total. The van der Waals surface area contributed by atoms with Crippen LogP contribution in [0.15, 0.2) is 6.07 Å². The first-order valence-corrected chi connectivity index (χ1v) is 6.42. The number of halogens is 3. The maximum Gasteiger partial charge on any atom is 0.419 e. The molecule has 1 aliphatic carbocycles. The van der Waals surface area contributed by atoms with E-state index in [1.54, 1.807) is 7.05 Å². The summed E-state index contributed by atoms with van der Waals surface area (Å²) in [6.07, 6.45) is -0.839. The van der Waals surface area contributed by atoms with Gasteiger partial charge in [0, 0.05) is 12.1 Å². The monoisotopic (exact) mass is 273 g/mol. The second-order valence-corrected chi connectivity index (χ2v) is 4.81. The van der Waals surface area contributed by atoms with Crippen LogP contribution < -0.4 is 10.1 Å². The molecule has 5 heteroatoms. The zero-order valence-electron chi connectivity index (χ0n) is 11.2. The lowest BCUT2D eigenvalue weighted by Crippen LogP contribution is -2.18. The topological polar surface area (TPSA) is 21.3 Å². The quantitative estimate of drug-likeness (QED) is 0.912. The first-order chi connectivity index (χ1) is 8.99. The van der Waals surface area contributed by atoms with Crippen LogP contribution >= 0.6 is 0 Å². The second-order valence-electron chi connectivity index (χ2n) is 4.81. The molecule has 0 spiro atoms. The number of fused-ring (bicyclic) bond motifs is 1. The maximum atomic E-state index is 13.1. The molecule has 0 saturated heterocycles. The SMILES string of the molecule is CNCc1c2c(cc(C(F)(F)F)c1OC)CCCC2. The Balaban J connectivity index is 2.65. The van der Waals surface area contributed by atoms with Crippen molar-refractivity contribution in [3.05, 3.63) is 28.3 Å². The van der Waals surface area contributed by atoms with Crippen molar-refractivity contribution in [2.75, 3.05) is 14.2 Å². The van der Waals surface area contributed by atoms with Gasteiger partial charge in [-0.05, 0) is 49.9 Å². The lowest BCUT2D eigenvalue weighted by Gasteiger charge is -2.25. The Kier molecular flexibility index (Phi) is 4.04. The molecule has 0 bridgehead atoms. The van der Waals surface area contributed by atoms with Gasteiger partial charge in [-0.2, -0.15) is 13.2 Å². The van der Waals surface area contributed by atoms with Gasteiger partial charge in [-0.15, -0.1) is 0 Å². The molecule has 0 heterocycles. The predicted molar refractivity (Wildman–Crippen MR) is 67.4 cm³/mol. The number of aryl methyl sites for hydroxylation is 1. The fourth-order valence-electron chi connectivity index (χ4n) is 2.78. The highest BCUT2D eigenvalue weighted by atomic mass is 19.4. The van der Waals surface area contributed by atoms with Crippen molar-refractivity contribution in [1.29, 1.82) is 0 Å². The third-order valence-electron chi connectivity index (χ3n) is 3.58. The zero-order chi connectivity index (χ0) is 14.0. The molecule has 1 N–H and O–H groups in total. The Bertz CT molecular complexity index is 469. The molecular weight excluding hydrogens is 255 g/mol. The van der Waals surface area contributed by atoms with Crippen LogP contribution in [0.3, 0.4) is 0 Å². The second kappa shape index (κ2) is 5.41. The van der Waals surface area contributed by atoms with Crippen LogP contribution in [0.5, 0.6) is 5.75 Å². The molecule has 0 amide bonds. The third kappa shape index (κ3) is 2.71. The van der Waals surface area contributed by atoms with Crippen LogP contribution in [-0.2, 0) is 25.6 Å². The number of nitrogens with one attached hydrogen (secondary N) is 1. The highest BCUT2D eigenvalue weighted by Gasteiger charge is 2.37. The summed E-state index contributed by atoms with van der Waals surface area (Å²) in [6, 6.07) is 1.27. The number of benzene rings is 1. The molecule has 0 atom stereocenters. The van der Waals surface area contributed by atoms with E-state index in [9.17, 15) is 13.2 Å². The van der Waals surface area contributed by atoms with Gasteiger partial charge in [-0.1, -0.05) is 0 Å². The summed E-state index contributed by atoms with van der Waals surface area (Å²) in [5, 5.41) is 2.94.